The molecule has 0 saturated carbocycles. The summed E-state index contributed by atoms with van der Waals surface area (Å²) < 4.78 is 16.2. The number of fused-ring (bicyclic) bond motifs is 1. The number of anilines is 1. The number of para-hydroxylation sites is 2. The molecule has 0 aromatic heterocycles. The SMILES string of the molecule is Nc1ccc(Cl)cc1C(=O)OCC(=O)NCC1COc2ccccc2O1. The van der Waals surface area contributed by atoms with Gasteiger partial charge < -0.3 is 25.3 Å². The minimum absolute atomic E-state index is 0.117. The second-order valence-corrected chi connectivity index (χ2v) is 6.05. The minimum Gasteiger partial charge on any atom is -0.486 e. The Morgan fingerprint density at radius 3 is 2.81 bits per heavy atom. The van der Waals surface area contributed by atoms with E-state index in [1.165, 1.54) is 12.1 Å². The smallest absolute Gasteiger partial charge is 0.340 e. The number of esters is 1. The lowest BCUT2D eigenvalue weighted by Crippen LogP contribution is -2.42. The molecular formula is C18H17ClN2O5. The average molecular weight is 377 g/mol. The maximum absolute atomic E-state index is 12.0. The van der Waals surface area contributed by atoms with Crippen molar-refractivity contribution >= 4 is 29.2 Å². The fraction of sp³-hybridized carbons (Fsp3) is 0.222. The molecule has 1 atom stereocenters. The van der Waals surface area contributed by atoms with Crippen molar-refractivity contribution in [3.63, 3.8) is 0 Å². The molecule has 1 amide bonds. The van der Waals surface area contributed by atoms with Gasteiger partial charge in [0.15, 0.2) is 18.1 Å². The monoisotopic (exact) mass is 376 g/mol. The van der Waals surface area contributed by atoms with Gasteiger partial charge in [0.05, 0.1) is 12.1 Å². The minimum atomic E-state index is -0.716. The van der Waals surface area contributed by atoms with Crippen molar-refractivity contribution < 1.29 is 23.8 Å². The predicted octanol–water partition coefficient (Wildman–Crippen LogP) is 2.04. The summed E-state index contributed by atoms with van der Waals surface area (Å²) in [4.78, 5) is 23.9. The zero-order valence-corrected chi connectivity index (χ0v) is 14.5. The normalized spacial score (nSPS) is 15.2. The second-order valence-electron chi connectivity index (χ2n) is 5.61. The van der Waals surface area contributed by atoms with Crippen molar-refractivity contribution in [2.24, 2.45) is 0 Å². The van der Waals surface area contributed by atoms with Gasteiger partial charge in [0.25, 0.3) is 5.91 Å². The van der Waals surface area contributed by atoms with Crippen LogP contribution >= 0.6 is 11.6 Å². The molecule has 0 spiro atoms. The van der Waals surface area contributed by atoms with Crippen LogP contribution in [0.4, 0.5) is 5.69 Å². The highest BCUT2D eigenvalue weighted by Gasteiger charge is 2.21. The van der Waals surface area contributed by atoms with Crippen LogP contribution in [0.15, 0.2) is 42.5 Å². The molecule has 1 aliphatic rings. The van der Waals surface area contributed by atoms with Crippen molar-refractivity contribution in [2.75, 3.05) is 25.5 Å². The number of benzene rings is 2. The lowest BCUT2D eigenvalue weighted by molar-refractivity contribution is -0.124. The molecule has 2 aromatic carbocycles. The van der Waals surface area contributed by atoms with E-state index in [0.29, 0.717) is 23.1 Å². The molecule has 0 radical (unpaired) electrons. The van der Waals surface area contributed by atoms with Gasteiger partial charge in [-0.15, -0.1) is 0 Å². The molecule has 0 saturated heterocycles. The van der Waals surface area contributed by atoms with Crippen LogP contribution in [0, 0.1) is 0 Å². The van der Waals surface area contributed by atoms with E-state index in [9.17, 15) is 9.59 Å². The third kappa shape index (κ3) is 4.37. The summed E-state index contributed by atoms with van der Waals surface area (Å²) in [7, 11) is 0. The Morgan fingerprint density at radius 1 is 1.23 bits per heavy atom. The molecule has 8 heteroatoms. The van der Waals surface area contributed by atoms with Crippen LogP contribution in [0.2, 0.25) is 5.02 Å². The molecule has 7 nitrogen and oxygen atoms in total. The molecule has 1 unspecified atom stereocenters. The molecule has 26 heavy (non-hydrogen) atoms. The van der Waals surface area contributed by atoms with Crippen molar-refractivity contribution in [1.82, 2.24) is 5.32 Å². The lowest BCUT2D eigenvalue weighted by Gasteiger charge is -2.26. The molecular weight excluding hydrogens is 360 g/mol. The molecule has 3 N–H and O–H groups in total. The van der Waals surface area contributed by atoms with Crippen LogP contribution in [-0.2, 0) is 9.53 Å². The summed E-state index contributed by atoms with van der Waals surface area (Å²) in [5, 5.41) is 2.99. The fourth-order valence-corrected chi connectivity index (χ4v) is 2.53. The molecule has 0 aliphatic carbocycles. The first-order valence-corrected chi connectivity index (χ1v) is 8.28. The second kappa shape index (κ2) is 7.97. The molecule has 2 aromatic rings. The Bertz CT molecular complexity index is 827. The molecule has 0 bridgehead atoms. The van der Waals surface area contributed by atoms with Crippen LogP contribution in [0.1, 0.15) is 10.4 Å². The van der Waals surface area contributed by atoms with Gasteiger partial charge in [0.2, 0.25) is 0 Å². The van der Waals surface area contributed by atoms with Crippen molar-refractivity contribution in [2.45, 2.75) is 6.10 Å². The third-order valence-corrected chi connectivity index (χ3v) is 3.90. The highest BCUT2D eigenvalue weighted by molar-refractivity contribution is 6.31. The number of hydrogen-bond acceptors (Lipinski definition) is 6. The van der Waals surface area contributed by atoms with Gasteiger partial charge in [0, 0.05) is 10.7 Å². The summed E-state index contributed by atoms with van der Waals surface area (Å²) in [5.41, 5.74) is 6.05. The number of nitrogens with two attached hydrogens (primary N) is 1. The van der Waals surface area contributed by atoms with E-state index >= 15 is 0 Å². The van der Waals surface area contributed by atoms with Gasteiger partial charge in [-0.05, 0) is 30.3 Å². The topological polar surface area (TPSA) is 99.9 Å². The van der Waals surface area contributed by atoms with E-state index in [0.717, 1.165) is 0 Å². The number of carbonyl (C=O) groups excluding carboxylic acids is 2. The maximum Gasteiger partial charge on any atom is 0.340 e. The third-order valence-electron chi connectivity index (χ3n) is 3.66. The van der Waals surface area contributed by atoms with Gasteiger partial charge in [-0.25, -0.2) is 4.79 Å². The van der Waals surface area contributed by atoms with Gasteiger partial charge in [-0.3, -0.25) is 4.79 Å². The summed E-state index contributed by atoms with van der Waals surface area (Å²) in [6.07, 6.45) is -0.326. The number of amides is 1. The van der Waals surface area contributed by atoms with Crippen LogP contribution in [0.3, 0.4) is 0 Å². The first-order chi connectivity index (χ1) is 12.5. The van der Waals surface area contributed by atoms with Gasteiger partial charge in [-0.2, -0.15) is 0 Å². The number of nitrogens with one attached hydrogen (secondary N) is 1. The van der Waals surface area contributed by atoms with E-state index < -0.39 is 18.5 Å². The van der Waals surface area contributed by atoms with E-state index in [1.807, 2.05) is 18.2 Å². The number of carbonyl (C=O) groups is 2. The summed E-state index contributed by atoms with van der Waals surface area (Å²) >= 11 is 5.83. The Labute approximate surface area is 155 Å². The fourth-order valence-electron chi connectivity index (χ4n) is 2.36. The van der Waals surface area contributed by atoms with Crippen molar-refractivity contribution in [1.29, 1.82) is 0 Å². The van der Waals surface area contributed by atoms with E-state index in [4.69, 9.17) is 31.5 Å². The lowest BCUT2D eigenvalue weighted by atomic mass is 10.2. The number of ether oxygens (including phenoxy) is 3. The zero-order chi connectivity index (χ0) is 18.5. The number of nitrogen functional groups attached to an aromatic ring is 1. The summed E-state index contributed by atoms with van der Waals surface area (Å²) in [5.74, 6) is 0.122. The van der Waals surface area contributed by atoms with Crippen LogP contribution < -0.4 is 20.5 Å². The highest BCUT2D eigenvalue weighted by Crippen LogP contribution is 2.30. The van der Waals surface area contributed by atoms with Crippen LogP contribution in [0.5, 0.6) is 11.5 Å². The molecule has 136 valence electrons. The van der Waals surface area contributed by atoms with Crippen molar-refractivity contribution in [3.05, 3.63) is 53.1 Å². The molecule has 1 heterocycles. The quantitative estimate of drug-likeness (QED) is 0.612. The predicted molar refractivity (Wildman–Crippen MR) is 95.5 cm³/mol. The molecule has 0 fully saturated rings. The van der Waals surface area contributed by atoms with E-state index in [-0.39, 0.29) is 23.9 Å². The van der Waals surface area contributed by atoms with E-state index in [1.54, 1.807) is 12.1 Å². The first kappa shape index (κ1) is 17.9. The first-order valence-electron chi connectivity index (χ1n) is 7.90. The van der Waals surface area contributed by atoms with Crippen LogP contribution in [0.25, 0.3) is 0 Å². The Morgan fingerprint density at radius 2 is 2.00 bits per heavy atom. The summed E-state index contributed by atoms with van der Waals surface area (Å²) in [6, 6.07) is 11.7. The number of rotatable bonds is 5. The molecule has 1 aliphatic heterocycles. The Hall–Kier alpha value is -2.93. The van der Waals surface area contributed by atoms with Gasteiger partial charge in [-0.1, -0.05) is 23.7 Å². The summed E-state index contributed by atoms with van der Waals surface area (Å²) in [6.45, 7) is 0.106. The standard InChI is InChI=1S/C18H17ClN2O5/c19-11-5-6-14(20)13(7-11)18(23)25-10-17(22)21-8-12-9-24-15-3-1-2-4-16(15)26-12/h1-7,12H,8-10,20H2,(H,21,22). The number of halogens is 1. The highest BCUT2D eigenvalue weighted by atomic mass is 35.5. The maximum atomic E-state index is 12.0. The number of hydrogen-bond donors (Lipinski definition) is 2. The van der Waals surface area contributed by atoms with Gasteiger partial charge in [0.1, 0.15) is 12.7 Å². The van der Waals surface area contributed by atoms with Gasteiger partial charge >= 0.3 is 5.97 Å². The van der Waals surface area contributed by atoms with Crippen LogP contribution in [-0.4, -0.2) is 37.7 Å². The van der Waals surface area contributed by atoms with Crippen molar-refractivity contribution in [3.8, 4) is 11.5 Å². The van der Waals surface area contributed by atoms with E-state index in [2.05, 4.69) is 5.32 Å². The average Bonchev–Trinajstić information content (AvgIpc) is 2.66. The Kier molecular flexibility index (Phi) is 5.48. The largest absolute Gasteiger partial charge is 0.486 e. The Balaban J connectivity index is 1.45. The zero-order valence-electron chi connectivity index (χ0n) is 13.7. The molecule has 3 rings (SSSR count).